The lowest BCUT2D eigenvalue weighted by Crippen LogP contribution is -2.34. The molecule has 106 valence electrons. The highest BCUT2D eigenvalue weighted by Gasteiger charge is 2.57. The fraction of sp³-hybridized carbons (Fsp3) is 0.333. The van der Waals surface area contributed by atoms with Crippen molar-refractivity contribution in [2.24, 2.45) is 0 Å². The molecule has 0 fully saturated rings. The molecule has 10 heteroatoms. The molecule has 0 unspecified atom stereocenters. The first-order chi connectivity index (χ1) is 8.44. The van der Waals surface area contributed by atoms with E-state index >= 15 is 0 Å². The summed E-state index contributed by atoms with van der Waals surface area (Å²) >= 11 is 0. The van der Waals surface area contributed by atoms with Crippen LogP contribution in [0.25, 0.3) is 0 Å². The van der Waals surface area contributed by atoms with Crippen LogP contribution in [-0.2, 0) is 0 Å². The fourth-order valence-electron chi connectivity index (χ4n) is 1.43. The van der Waals surface area contributed by atoms with Crippen molar-refractivity contribution in [1.82, 2.24) is 0 Å². The number of nitro groups is 1. The first kappa shape index (κ1) is 15.1. The van der Waals surface area contributed by atoms with Crippen LogP contribution < -0.4 is 0 Å². The zero-order valence-electron chi connectivity index (χ0n) is 8.79. The van der Waals surface area contributed by atoms with Crippen molar-refractivity contribution < 1.29 is 36.4 Å². The minimum Gasteiger partial charge on any atom is -0.502 e. The monoisotopic (exact) mass is 289 g/mol. The molecule has 1 rings (SSSR count). The molecule has 1 aromatic carbocycles. The zero-order valence-corrected chi connectivity index (χ0v) is 8.79. The lowest BCUT2D eigenvalue weighted by atomic mass is 9.97. The van der Waals surface area contributed by atoms with Crippen LogP contribution in [0.5, 0.6) is 5.75 Å². The van der Waals surface area contributed by atoms with Crippen LogP contribution in [0.15, 0.2) is 18.2 Å². The van der Waals surface area contributed by atoms with Crippen LogP contribution in [0.2, 0.25) is 0 Å². The van der Waals surface area contributed by atoms with Gasteiger partial charge in [0.05, 0.1) is 4.92 Å². The molecule has 0 amide bonds. The van der Waals surface area contributed by atoms with Gasteiger partial charge >= 0.3 is 18.0 Å². The predicted octanol–water partition coefficient (Wildman–Crippen LogP) is 3.51. The number of phenolic OH excluding ortho intramolecular Hbond substituents is 1. The molecule has 0 aliphatic heterocycles. The van der Waals surface area contributed by atoms with E-state index in [2.05, 4.69) is 0 Å². The van der Waals surface area contributed by atoms with Crippen LogP contribution in [-0.4, -0.2) is 22.4 Å². The number of hydrogen-bond donors (Lipinski definition) is 1. The number of aromatic hydroxyl groups is 1. The minimum absolute atomic E-state index is 0.0565. The van der Waals surface area contributed by atoms with Crippen molar-refractivity contribution in [1.29, 1.82) is 0 Å². The van der Waals surface area contributed by atoms with E-state index in [1.165, 1.54) is 0 Å². The molecular formula is C9H5F6NO3. The number of benzene rings is 1. The van der Waals surface area contributed by atoms with Gasteiger partial charge in [-0.3, -0.25) is 10.1 Å². The summed E-state index contributed by atoms with van der Waals surface area (Å²) in [4.78, 5) is 9.10. The Morgan fingerprint density at radius 2 is 1.58 bits per heavy atom. The molecule has 0 aliphatic rings. The van der Waals surface area contributed by atoms with Crippen molar-refractivity contribution in [3.8, 4) is 5.75 Å². The molecule has 0 atom stereocenters. The van der Waals surface area contributed by atoms with E-state index in [1.807, 2.05) is 0 Å². The topological polar surface area (TPSA) is 63.4 Å². The van der Waals surface area contributed by atoms with E-state index in [9.17, 15) is 36.5 Å². The molecule has 0 saturated carbocycles. The van der Waals surface area contributed by atoms with E-state index in [1.54, 1.807) is 0 Å². The molecule has 0 spiro atoms. The second-order valence-corrected chi connectivity index (χ2v) is 3.52. The van der Waals surface area contributed by atoms with Gasteiger partial charge in [-0.15, -0.1) is 0 Å². The number of hydrogen-bond acceptors (Lipinski definition) is 3. The third kappa shape index (κ3) is 3.26. The van der Waals surface area contributed by atoms with Crippen LogP contribution in [0.3, 0.4) is 0 Å². The lowest BCUT2D eigenvalue weighted by Gasteiger charge is -2.23. The summed E-state index contributed by atoms with van der Waals surface area (Å²) in [5, 5.41) is 19.4. The third-order valence-electron chi connectivity index (χ3n) is 2.18. The number of phenols is 1. The van der Waals surface area contributed by atoms with Crippen molar-refractivity contribution in [2.75, 3.05) is 0 Å². The van der Waals surface area contributed by atoms with Gasteiger partial charge in [0.15, 0.2) is 11.7 Å². The first-order valence-corrected chi connectivity index (χ1v) is 4.55. The van der Waals surface area contributed by atoms with Crippen molar-refractivity contribution in [3.63, 3.8) is 0 Å². The average molecular weight is 289 g/mol. The Morgan fingerprint density at radius 1 is 1.11 bits per heavy atom. The van der Waals surface area contributed by atoms with E-state index in [-0.39, 0.29) is 6.07 Å². The molecule has 0 aliphatic carbocycles. The smallest absolute Gasteiger partial charge is 0.404 e. The van der Waals surface area contributed by atoms with E-state index < -0.39 is 40.2 Å². The van der Waals surface area contributed by atoms with E-state index in [0.29, 0.717) is 12.1 Å². The maximum atomic E-state index is 12.4. The Labute approximate surface area is 101 Å². The van der Waals surface area contributed by atoms with Crippen LogP contribution in [0.4, 0.5) is 32.0 Å². The summed E-state index contributed by atoms with van der Waals surface area (Å²) in [6.45, 7) is 0. The Bertz CT molecular complexity index is 482. The zero-order chi connectivity index (χ0) is 15.0. The Kier molecular flexibility index (Phi) is 3.64. The number of nitro benzene ring substituents is 1. The maximum Gasteiger partial charge on any atom is 0.404 e. The number of alkyl halides is 6. The van der Waals surface area contributed by atoms with Crippen molar-refractivity contribution in [3.05, 3.63) is 33.9 Å². The summed E-state index contributed by atoms with van der Waals surface area (Å²) in [5.74, 6) is -4.86. The highest BCUT2D eigenvalue weighted by atomic mass is 19.4. The van der Waals surface area contributed by atoms with Gasteiger partial charge in [-0.2, -0.15) is 26.3 Å². The van der Waals surface area contributed by atoms with Crippen molar-refractivity contribution >= 4 is 5.69 Å². The summed E-state index contributed by atoms with van der Waals surface area (Å²) < 4.78 is 74.3. The first-order valence-electron chi connectivity index (χ1n) is 4.55. The Hall–Kier alpha value is -2.00. The molecule has 19 heavy (non-hydrogen) atoms. The van der Waals surface area contributed by atoms with Gasteiger partial charge in [-0.25, -0.2) is 0 Å². The Balaban J connectivity index is 3.41. The minimum atomic E-state index is -5.65. The number of rotatable bonds is 2. The van der Waals surface area contributed by atoms with E-state index in [4.69, 9.17) is 5.11 Å². The van der Waals surface area contributed by atoms with Gasteiger partial charge in [-0.1, -0.05) is 6.07 Å². The standard InChI is InChI=1S/C9H5F6NO3/c10-8(11,12)7(9(13,14)15)4-1-2-6(17)5(3-4)16(18)19/h1-3,7,17H. The highest BCUT2D eigenvalue weighted by Crippen LogP contribution is 2.47. The number of halogens is 6. The number of nitrogens with zero attached hydrogens (tertiary/aromatic N) is 1. The SMILES string of the molecule is O=[N+]([O-])c1cc(C(C(F)(F)F)C(F)(F)F)ccc1O. The molecule has 0 heterocycles. The van der Waals surface area contributed by atoms with Crippen LogP contribution >= 0.6 is 0 Å². The van der Waals surface area contributed by atoms with Gasteiger partial charge in [0.2, 0.25) is 0 Å². The second kappa shape index (κ2) is 4.59. The van der Waals surface area contributed by atoms with Crippen molar-refractivity contribution in [2.45, 2.75) is 18.3 Å². The van der Waals surface area contributed by atoms with Crippen LogP contribution in [0.1, 0.15) is 11.5 Å². The molecule has 0 saturated heterocycles. The lowest BCUT2D eigenvalue weighted by molar-refractivity contribution is -0.386. The quantitative estimate of drug-likeness (QED) is 0.515. The van der Waals surface area contributed by atoms with E-state index in [0.717, 1.165) is 0 Å². The maximum absolute atomic E-state index is 12.4. The molecule has 0 aromatic heterocycles. The summed E-state index contributed by atoms with van der Waals surface area (Å²) in [5.41, 5.74) is -2.58. The second-order valence-electron chi connectivity index (χ2n) is 3.52. The molecule has 1 N–H and O–H groups in total. The molecule has 0 radical (unpaired) electrons. The van der Waals surface area contributed by atoms with Gasteiger partial charge in [0, 0.05) is 6.07 Å². The summed E-state index contributed by atoms with van der Waals surface area (Å²) in [7, 11) is 0. The summed E-state index contributed by atoms with van der Waals surface area (Å²) in [6.07, 6.45) is -11.3. The molecule has 0 bridgehead atoms. The molecular weight excluding hydrogens is 284 g/mol. The summed E-state index contributed by atoms with van der Waals surface area (Å²) in [6, 6.07) is 0.812. The highest BCUT2D eigenvalue weighted by molar-refractivity contribution is 5.48. The van der Waals surface area contributed by atoms with Gasteiger partial charge < -0.3 is 5.11 Å². The van der Waals surface area contributed by atoms with Gasteiger partial charge in [-0.05, 0) is 11.6 Å². The third-order valence-corrected chi connectivity index (χ3v) is 2.18. The fourth-order valence-corrected chi connectivity index (χ4v) is 1.43. The normalized spacial score (nSPS) is 12.8. The molecule has 4 nitrogen and oxygen atoms in total. The van der Waals surface area contributed by atoms with Gasteiger partial charge in [0.25, 0.3) is 0 Å². The van der Waals surface area contributed by atoms with Crippen LogP contribution in [0, 0.1) is 10.1 Å². The average Bonchev–Trinajstić information content (AvgIpc) is 2.16. The Morgan fingerprint density at radius 3 is 1.95 bits per heavy atom. The predicted molar refractivity (Wildman–Crippen MR) is 49.6 cm³/mol. The molecule has 1 aromatic rings. The largest absolute Gasteiger partial charge is 0.502 e. The van der Waals surface area contributed by atoms with Gasteiger partial charge in [0.1, 0.15) is 0 Å².